The van der Waals surface area contributed by atoms with Gasteiger partial charge in [0.2, 0.25) is 0 Å². The number of aliphatic hydroxyl groups is 1. The third kappa shape index (κ3) is 3.94. The molecule has 1 fully saturated rings. The summed E-state index contributed by atoms with van der Waals surface area (Å²) in [6.07, 6.45) is 1.70. The number of hydrogen-bond donors (Lipinski definition) is 1. The summed E-state index contributed by atoms with van der Waals surface area (Å²) >= 11 is 0. The molecule has 1 unspecified atom stereocenters. The lowest BCUT2D eigenvalue weighted by atomic mass is 10.1. The molecule has 21 heavy (non-hydrogen) atoms. The zero-order valence-corrected chi connectivity index (χ0v) is 12.5. The van der Waals surface area contributed by atoms with Crippen LogP contribution in [0.25, 0.3) is 0 Å². The lowest BCUT2D eigenvalue weighted by molar-refractivity contribution is -0.138. The number of carbonyl (C=O) groups is 1. The van der Waals surface area contributed by atoms with Crippen molar-refractivity contribution in [3.63, 3.8) is 0 Å². The number of carbonyl (C=O) groups excluding carboxylic acids is 1. The number of amides is 1. The average Bonchev–Trinajstić information content (AvgIpc) is 2.49. The third-order valence-corrected chi connectivity index (χ3v) is 3.74. The molecule has 2 atom stereocenters. The van der Waals surface area contributed by atoms with Crippen LogP contribution in [-0.2, 0) is 4.79 Å². The second-order valence-electron chi connectivity index (χ2n) is 5.50. The Balaban J connectivity index is 2.08. The molecule has 0 aliphatic carbocycles. The zero-order valence-electron chi connectivity index (χ0n) is 12.5. The summed E-state index contributed by atoms with van der Waals surface area (Å²) in [5, 5.41) is 9.69. The van der Waals surface area contributed by atoms with Gasteiger partial charge in [-0.3, -0.25) is 4.79 Å². The van der Waals surface area contributed by atoms with Crippen molar-refractivity contribution in [1.29, 1.82) is 0 Å². The smallest absolute Gasteiger partial charge is 0.263 e. The van der Waals surface area contributed by atoms with Crippen LogP contribution in [0.1, 0.15) is 44.8 Å². The van der Waals surface area contributed by atoms with Gasteiger partial charge in [0.15, 0.2) is 6.10 Å². The Labute approximate surface area is 124 Å². The first kappa shape index (κ1) is 15.8. The number of rotatable bonds is 4. The summed E-state index contributed by atoms with van der Waals surface area (Å²) in [7, 11) is 0. The molecule has 1 aliphatic heterocycles. The summed E-state index contributed by atoms with van der Waals surface area (Å²) in [5.41, 5.74) is 0.355. The molecule has 0 radical (unpaired) electrons. The Morgan fingerprint density at radius 1 is 1.29 bits per heavy atom. The molecular weight excluding hydrogens is 273 g/mol. The van der Waals surface area contributed by atoms with E-state index >= 15 is 0 Å². The highest BCUT2D eigenvalue weighted by molar-refractivity contribution is 5.81. The van der Waals surface area contributed by atoms with E-state index < -0.39 is 18.0 Å². The molecule has 0 saturated carbocycles. The molecule has 1 aromatic carbocycles. The number of likely N-dealkylation sites (tertiary alicyclic amines) is 1. The fourth-order valence-electron chi connectivity index (χ4n) is 2.57. The quantitative estimate of drug-likeness (QED) is 0.929. The maximum atomic E-state index is 13.3. The Kier molecular flexibility index (Phi) is 5.17. The van der Waals surface area contributed by atoms with Gasteiger partial charge in [0.1, 0.15) is 11.6 Å². The highest BCUT2D eigenvalue weighted by Gasteiger charge is 2.24. The van der Waals surface area contributed by atoms with Gasteiger partial charge >= 0.3 is 0 Å². The molecule has 116 valence electrons. The Morgan fingerprint density at radius 2 is 1.95 bits per heavy atom. The van der Waals surface area contributed by atoms with Crippen LogP contribution in [0.4, 0.5) is 4.39 Å². The van der Waals surface area contributed by atoms with E-state index in [9.17, 15) is 14.3 Å². The maximum Gasteiger partial charge on any atom is 0.263 e. The second kappa shape index (κ2) is 6.89. The van der Waals surface area contributed by atoms with Gasteiger partial charge in [0, 0.05) is 18.7 Å². The van der Waals surface area contributed by atoms with E-state index in [4.69, 9.17) is 4.74 Å². The van der Waals surface area contributed by atoms with E-state index in [1.54, 1.807) is 18.7 Å². The van der Waals surface area contributed by atoms with Crippen LogP contribution in [0.2, 0.25) is 0 Å². The summed E-state index contributed by atoms with van der Waals surface area (Å²) in [5.74, 6) is -0.145. The lowest BCUT2D eigenvalue weighted by Crippen LogP contribution is -2.43. The van der Waals surface area contributed by atoms with Gasteiger partial charge in [-0.05, 0) is 51.3 Å². The van der Waals surface area contributed by atoms with E-state index in [2.05, 4.69) is 0 Å². The topological polar surface area (TPSA) is 49.8 Å². The average molecular weight is 295 g/mol. The van der Waals surface area contributed by atoms with Crippen molar-refractivity contribution in [2.75, 3.05) is 13.1 Å². The first-order valence-corrected chi connectivity index (χ1v) is 7.42. The molecule has 0 bridgehead atoms. The number of halogens is 1. The molecule has 0 aromatic heterocycles. The van der Waals surface area contributed by atoms with Crippen LogP contribution in [0.5, 0.6) is 5.75 Å². The van der Waals surface area contributed by atoms with Gasteiger partial charge in [-0.25, -0.2) is 4.39 Å². The summed E-state index contributed by atoms with van der Waals surface area (Å²) in [6, 6.07) is 3.95. The molecule has 5 heteroatoms. The first-order valence-electron chi connectivity index (χ1n) is 7.42. The normalized spacial score (nSPS) is 18.2. The van der Waals surface area contributed by atoms with Crippen molar-refractivity contribution >= 4 is 5.91 Å². The van der Waals surface area contributed by atoms with E-state index in [1.807, 2.05) is 0 Å². The molecule has 1 saturated heterocycles. The van der Waals surface area contributed by atoms with E-state index in [1.165, 1.54) is 18.2 Å². The molecule has 0 spiro atoms. The fraction of sp³-hybridized carbons (Fsp3) is 0.562. The van der Waals surface area contributed by atoms with E-state index in [0.29, 0.717) is 11.3 Å². The molecule has 1 N–H and O–H groups in total. The number of hydrogen-bond acceptors (Lipinski definition) is 3. The van der Waals surface area contributed by atoms with Gasteiger partial charge in [0.05, 0.1) is 6.10 Å². The van der Waals surface area contributed by atoms with Gasteiger partial charge in [-0.15, -0.1) is 0 Å². The fourth-order valence-corrected chi connectivity index (χ4v) is 2.57. The lowest BCUT2D eigenvalue weighted by Gasteiger charge is -2.29. The first-order chi connectivity index (χ1) is 9.99. The van der Waals surface area contributed by atoms with Crippen LogP contribution < -0.4 is 4.74 Å². The minimum atomic E-state index is -0.854. The monoisotopic (exact) mass is 295 g/mol. The van der Waals surface area contributed by atoms with Crippen molar-refractivity contribution in [1.82, 2.24) is 4.90 Å². The standard InChI is InChI=1S/C16H22FNO3/c1-11(19)14-10-13(17)6-7-15(14)21-12(2)16(20)18-8-4-3-5-9-18/h6-7,10-12,19H,3-5,8-9H2,1-2H3/t11-,12?/m0/s1. The molecule has 4 nitrogen and oxygen atoms in total. The van der Waals surface area contributed by atoms with Crippen molar-refractivity contribution in [3.8, 4) is 5.75 Å². The maximum absolute atomic E-state index is 13.3. The number of piperidine rings is 1. The van der Waals surface area contributed by atoms with Crippen molar-refractivity contribution in [2.45, 2.75) is 45.3 Å². The van der Waals surface area contributed by atoms with Crippen LogP contribution in [0, 0.1) is 5.82 Å². The SMILES string of the molecule is CC(Oc1ccc(F)cc1[C@H](C)O)C(=O)N1CCCCC1. The van der Waals surface area contributed by atoms with Crippen molar-refractivity contribution in [2.24, 2.45) is 0 Å². The van der Waals surface area contributed by atoms with Crippen molar-refractivity contribution < 1.29 is 19.0 Å². The van der Waals surface area contributed by atoms with Crippen LogP contribution in [-0.4, -0.2) is 35.1 Å². The van der Waals surface area contributed by atoms with E-state index in [0.717, 1.165) is 32.4 Å². The van der Waals surface area contributed by atoms with Gasteiger partial charge in [-0.2, -0.15) is 0 Å². The minimum Gasteiger partial charge on any atom is -0.481 e. The molecule has 1 amide bonds. The van der Waals surface area contributed by atoms with Crippen LogP contribution in [0.15, 0.2) is 18.2 Å². The number of nitrogens with zero attached hydrogens (tertiary/aromatic N) is 1. The van der Waals surface area contributed by atoms with Crippen molar-refractivity contribution in [3.05, 3.63) is 29.6 Å². The number of ether oxygens (including phenoxy) is 1. The highest BCUT2D eigenvalue weighted by Crippen LogP contribution is 2.27. The largest absolute Gasteiger partial charge is 0.481 e. The summed E-state index contributed by atoms with van der Waals surface area (Å²) in [6.45, 7) is 4.75. The third-order valence-electron chi connectivity index (χ3n) is 3.74. The Bertz CT molecular complexity index is 498. The summed E-state index contributed by atoms with van der Waals surface area (Å²) < 4.78 is 18.9. The number of benzene rings is 1. The molecule has 1 aliphatic rings. The van der Waals surface area contributed by atoms with Crippen LogP contribution >= 0.6 is 0 Å². The molecule has 1 heterocycles. The number of aliphatic hydroxyl groups excluding tert-OH is 1. The predicted molar refractivity (Wildman–Crippen MR) is 77.6 cm³/mol. The Hall–Kier alpha value is -1.62. The van der Waals surface area contributed by atoms with Gasteiger partial charge in [-0.1, -0.05) is 0 Å². The van der Waals surface area contributed by atoms with Crippen LogP contribution in [0.3, 0.4) is 0 Å². The molecule has 1 aromatic rings. The van der Waals surface area contributed by atoms with Gasteiger partial charge in [0.25, 0.3) is 5.91 Å². The highest BCUT2D eigenvalue weighted by atomic mass is 19.1. The zero-order chi connectivity index (χ0) is 15.4. The second-order valence-corrected chi connectivity index (χ2v) is 5.50. The molecule has 2 rings (SSSR count). The predicted octanol–water partition coefficient (Wildman–Crippen LogP) is 2.66. The molecular formula is C16H22FNO3. The van der Waals surface area contributed by atoms with Gasteiger partial charge < -0.3 is 14.7 Å². The summed E-state index contributed by atoms with van der Waals surface area (Å²) in [4.78, 5) is 14.1. The minimum absolute atomic E-state index is 0.0597. The Morgan fingerprint density at radius 3 is 2.57 bits per heavy atom. The van der Waals surface area contributed by atoms with E-state index in [-0.39, 0.29) is 5.91 Å².